The molecule has 0 spiro atoms. The molecule has 0 saturated carbocycles. The topological polar surface area (TPSA) is 51.2 Å². The van der Waals surface area contributed by atoms with Crippen molar-refractivity contribution >= 4 is 36.1 Å². The summed E-state index contributed by atoms with van der Waals surface area (Å²) in [5.74, 6) is 4.87. The summed E-state index contributed by atoms with van der Waals surface area (Å²) in [6.07, 6.45) is 3.64. The second kappa shape index (κ2) is 5.33. The SMILES string of the molecule is O=C=Cc1cc(C=C=O)cc(C=C=O)c1. The minimum atomic E-state index is 0.565. The Morgan fingerprint density at radius 3 is 1.13 bits per heavy atom. The molecule has 72 valence electrons. The Bertz CT molecular complexity index is 421. The summed E-state index contributed by atoms with van der Waals surface area (Å²) in [5.41, 5.74) is 1.70. The van der Waals surface area contributed by atoms with Gasteiger partial charge in [0.25, 0.3) is 0 Å². The molecule has 0 atom stereocenters. The number of carbonyl (C=O) groups excluding carboxylic acids is 3. The van der Waals surface area contributed by atoms with Crippen molar-refractivity contribution in [1.29, 1.82) is 0 Å². The van der Waals surface area contributed by atoms with Crippen LogP contribution >= 0.6 is 0 Å². The molecule has 0 aromatic heterocycles. The van der Waals surface area contributed by atoms with E-state index in [1.807, 2.05) is 0 Å². The van der Waals surface area contributed by atoms with Gasteiger partial charge in [-0.1, -0.05) is 0 Å². The fraction of sp³-hybridized carbons (Fsp3) is 0. The Hall–Kier alpha value is -2.43. The fourth-order valence-corrected chi connectivity index (χ4v) is 1.16. The number of rotatable bonds is 3. The van der Waals surface area contributed by atoms with Crippen LogP contribution in [0.1, 0.15) is 16.7 Å². The van der Waals surface area contributed by atoms with Crippen molar-refractivity contribution in [3.63, 3.8) is 0 Å². The molecule has 0 aliphatic rings. The quantitative estimate of drug-likeness (QED) is 0.686. The van der Waals surface area contributed by atoms with Crippen molar-refractivity contribution < 1.29 is 14.4 Å². The molecule has 15 heavy (non-hydrogen) atoms. The van der Waals surface area contributed by atoms with Crippen molar-refractivity contribution in [1.82, 2.24) is 0 Å². The summed E-state index contributed by atoms with van der Waals surface area (Å²) >= 11 is 0. The summed E-state index contributed by atoms with van der Waals surface area (Å²) in [6, 6.07) is 4.83. The first-order valence-corrected chi connectivity index (χ1v) is 4.08. The summed E-state index contributed by atoms with van der Waals surface area (Å²) in [5, 5.41) is 0. The third-order valence-corrected chi connectivity index (χ3v) is 1.68. The highest BCUT2D eigenvalue weighted by Gasteiger charge is 1.96. The third kappa shape index (κ3) is 3.07. The molecule has 0 aliphatic carbocycles. The van der Waals surface area contributed by atoms with Crippen LogP contribution in [0.3, 0.4) is 0 Å². The van der Waals surface area contributed by atoms with Crippen molar-refractivity contribution in [3.05, 3.63) is 34.9 Å². The van der Waals surface area contributed by atoms with Crippen LogP contribution in [0.15, 0.2) is 18.2 Å². The molecule has 0 amide bonds. The van der Waals surface area contributed by atoms with E-state index in [-0.39, 0.29) is 0 Å². The van der Waals surface area contributed by atoms with Crippen molar-refractivity contribution in [2.24, 2.45) is 0 Å². The summed E-state index contributed by atoms with van der Waals surface area (Å²) < 4.78 is 0. The minimum Gasteiger partial charge on any atom is -0.233 e. The van der Waals surface area contributed by atoms with Gasteiger partial charge in [-0.15, -0.1) is 0 Å². The average molecular weight is 198 g/mol. The molecule has 0 fully saturated rings. The average Bonchev–Trinajstić information content (AvgIpc) is 2.19. The van der Waals surface area contributed by atoms with Crippen LogP contribution in [0.2, 0.25) is 0 Å². The number of benzene rings is 1. The van der Waals surface area contributed by atoms with Gasteiger partial charge in [-0.05, 0) is 34.9 Å². The standard InChI is InChI=1S/C12H6O3/c13-4-1-10-7-11(2-5-14)9-12(8-10)3-6-15/h1-3,7-9H. The van der Waals surface area contributed by atoms with Crippen LogP contribution in [0, 0.1) is 0 Å². The van der Waals surface area contributed by atoms with Crippen LogP contribution in [0.25, 0.3) is 18.2 Å². The Morgan fingerprint density at radius 2 is 0.933 bits per heavy atom. The summed E-state index contributed by atoms with van der Waals surface area (Å²) in [6.45, 7) is 0. The first kappa shape index (κ1) is 10.6. The van der Waals surface area contributed by atoms with E-state index < -0.39 is 0 Å². The van der Waals surface area contributed by atoms with E-state index >= 15 is 0 Å². The molecule has 1 aromatic rings. The molecule has 0 saturated heterocycles. The first-order chi connectivity index (χ1) is 7.30. The van der Waals surface area contributed by atoms with E-state index in [9.17, 15) is 14.4 Å². The van der Waals surface area contributed by atoms with E-state index in [4.69, 9.17) is 0 Å². The van der Waals surface area contributed by atoms with E-state index in [1.165, 1.54) is 18.2 Å². The van der Waals surface area contributed by atoms with Gasteiger partial charge in [-0.2, -0.15) is 0 Å². The van der Waals surface area contributed by atoms with Crippen molar-refractivity contribution in [2.45, 2.75) is 0 Å². The van der Waals surface area contributed by atoms with Crippen molar-refractivity contribution in [2.75, 3.05) is 0 Å². The maximum absolute atomic E-state index is 10.2. The molecule has 0 bridgehead atoms. The van der Waals surface area contributed by atoms with E-state index in [0.717, 1.165) is 0 Å². The highest BCUT2D eigenvalue weighted by molar-refractivity contribution is 5.83. The van der Waals surface area contributed by atoms with Gasteiger partial charge in [0.05, 0.1) is 0 Å². The van der Waals surface area contributed by atoms with Crippen LogP contribution in [0.5, 0.6) is 0 Å². The zero-order valence-electron chi connectivity index (χ0n) is 7.69. The smallest absolute Gasteiger partial charge is 0.125 e. The number of hydrogen-bond donors (Lipinski definition) is 0. The molecule has 0 aliphatic heterocycles. The molecular formula is C12H6O3. The highest BCUT2D eigenvalue weighted by Crippen LogP contribution is 2.12. The van der Waals surface area contributed by atoms with Crippen LogP contribution in [0.4, 0.5) is 0 Å². The van der Waals surface area contributed by atoms with Crippen LogP contribution < -0.4 is 0 Å². The normalized spacial score (nSPS) is 8.00. The lowest BCUT2D eigenvalue weighted by molar-refractivity contribution is 0.569. The molecule has 3 nitrogen and oxygen atoms in total. The molecule has 0 unspecified atom stereocenters. The van der Waals surface area contributed by atoms with E-state index in [1.54, 1.807) is 36.0 Å². The number of hydrogen-bond acceptors (Lipinski definition) is 3. The monoisotopic (exact) mass is 198 g/mol. The van der Waals surface area contributed by atoms with Gasteiger partial charge in [0.1, 0.15) is 17.8 Å². The molecular weight excluding hydrogens is 192 g/mol. The molecule has 0 radical (unpaired) electrons. The Balaban J connectivity index is 3.36. The largest absolute Gasteiger partial charge is 0.233 e. The van der Waals surface area contributed by atoms with Crippen molar-refractivity contribution in [3.8, 4) is 0 Å². The van der Waals surface area contributed by atoms with Gasteiger partial charge >= 0.3 is 0 Å². The first-order valence-electron chi connectivity index (χ1n) is 4.08. The van der Waals surface area contributed by atoms with Gasteiger partial charge in [0, 0.05) is 18.2 Å². The van der Waals surface area contributed by atoms with Gasteiger partial charge in [-0.3, -0.25) is 0 Å². The lowest BCUT2D eigenvalue weighted by Gasteiger charge is -1.97. The summed E-state index contributed by atoms with van der Waals surface area (Å²) in [7, 11) is 0. The minimum absolute atomic E-state index is 0.565. The molecule has 0 heterocycles. The Labute approximate surface area is 86.0 Å². The maximum Gasteiger partial charge on any atom is 0.125 e. The van der Waals surface area contributed by atoms with Crippen LogP contribution in [-0.2, 0) is 14.4 Å². The lowest BCUT2D eigenvalue weighted by Crippen LogP contribution is -1.81. The lowest BCUT2D eigenvalue weighted by atomic mass is 10.1. The van der Waals surface area contributed by atoms with E-state index in [0.29, 0.717) is 16.7 Å². The molecule has 1 aromatic carbocycles. The highest BCUT2D eigenvalue weighted by atomic mass is 16.1. The van der Waals surface area contributed by atoms with Gasteiger partial charge < -0.3 is 0 Å². The molecule has 1 rings (SSSR count). The van der Waals surface area contributed by atoms with Gasteiger partial charge in [0.2, 0.25) is 0 Å². The Kier molecular flexibility index (Phi) is 3.79. The third-order valence-electron chi connectivity index (χ3n) is 1.68. The predicted molar refractivity (Wildman–Crippen MR) is 56.9 cm³/mol. The summed E-state index contributed by atoms with van der Waals surface area (Å²) in [4.78, 5) is 30.5. The molecule has 3 heteroatoms. The van der Waals surface area contributed by atoms with E-state index in [2.05, 4.69) is 0 Å². The van der Waals surface area contributed by atoms with Gasteiger partial charge in [-0.25, -0.2) is 14.4 Å². The zero-order valence-corrected chi connectivity index (χ0v) is 7.69. The Morgan fingerprint density at radius 1 is 0.667 bits per heavy atom. The second-order valence-corrected chi connectivity index (χ2v) is 2.72. The zero-order chi connectivity index (χ0) is 11.1. The van der Waals surface area contributed by atoms with Gasteiger partial charge in [0.15, 0.2) is 0 Å². The molecule has 0 N–H and O–H groups in total. The second-order valence-electron chi connectivity index (χ2n) is 2.72. The van der Waals surface area contributed by atoms with Crippen LogP contribution in [-0.4, -0.2) is 17.8 Å². The fourth-order valence-electron chi connectivity index (χ4n) is 1.16. The predicted octanol–water partition coefficient (Wildman–Crippen LogP) is 1.22. The maximum atomic E-state index is 10.2.